The van der Waals surface area contributed by atoms with Crippen LogP contribution >= 0.6 is 0 Å². The molecule has 5 heterocycles. The number of benzene rings is 3. The number of pyridine rings is 2. The number of fused-ring (bicyclic) bond motifs is 6. The van der Waals surface area contributed by atoms with Crippen LogP contribution in [0.2, 0.25) is 0 Å². The van der Waals surface area contributed by atoms with Gasteiger partial charge in [-0.25, -0.2) is 4.98 Å². The predicted molar refractivity (Wildman–Crippen MR) is 152 cm³/mol. The van der Waals surface area contributed by atoms with Crippen molar-refractivity contribution in [2.45, 2.75) is 0 Å². The van der Waals surface area contributed by atoms with Crippen molar-refractivity contribution in [1.29, 1.82) is 0 Å². The first-order valence-corrected chi connectivity index (χ1v) is 12.6. The van der Waals surface area contributed by atoms with E-state index in [1.54, 1.807) is 12.4 Å². The van der Waals surface area contributed by atoms with Crippen LogP contribution in [0.3, 0.4) is 0 Å². The van der Waals surface area contributed by atoms with Gasteiger partial charge in [0.05, 0.1) is 5.39 Å². The third-order valence-corrected chi connectivity index (χ3v) is 6.97. The molecule has 0 radical (unpaired) electrons. The number of nitrogens with zero attached hydrogens (tertiary/aromatic N) is 5. The predicted octanol–water partition coefficient (Wildman–Crippen LogP) is 7.42. The molecule has 0 saturated heterocycles. The van der Waals surface area contributed by atoms with Crippen LogP contribution in [0.4, 0.5) is 17.1 Å². The van der Waals surface area contributed by atoms with Crippen molar-refractivity contribution in [2.24, 2.45) is 0 Å². The van der Waals surface area contributed by atoms with Crippen LogP contribution < -0.4 is 14.5 Å². The fourth-order valence-electron chi connectivity index (χ4n) is 5.27. The van der Waals surface area contributed by atoms with Gasteiger partial charge in [0.15, 0.2) is 5.58 Å². The molecule has 1 aliphatic heterocycles. The van der Waals surface area contributed by atoms with E-state index < -0.39 is 0 Å². The first kappa shape index (κ1) is 24.4. The summed E-state index contributed by atoms with van der Waals surface area (Å²) < 4.78 is 14.5. The second-order valence-corrected chi connectivity index (χ2v) is 9.33. The molecule has 8 rings (SSSR count). The van der Waals surface area contributed by atoms with E-state index in [1.165, 1.54) is 0 Å². The minimum atomic E-state index is 0. The number of hydrogen-bond acceptors (Lipinski definition) is 6. The smallest absolute Gasteiger partial charge is 0.163 e. The van der Waals surface area contributed by atoms with Crippen molar-refractivity contribution in [3.63, 3.8) is 0 Å². The summed E-state index contributed by atoms with van der Waals surface area (Å²) in [6, 6.07) is 34.6. The van der Waals surface area contributed by atoms with E-state index in [9.17, 15) is 0 Å². The Hall–Kier alpha value is -4.61. The normalized spacial score (nSPS) is 12.7. The Bertz CT molecular complexity index is 2030. The molecule has 0 saturated carbocycles. The van der Waals surface area contributed by atoms with Gasteiger partial charge < -0.3 is 23.5 Å². The summed E-state index contributed by atoms with van der Waals surface area (Å²) in [6.45, 7) is 2.03. The SMILES string of the molecule is CN1[CH-]N(c2[c-]c(Oc3[c-]c(-n4c5ncccc5c5oc6ccccc6c54)ccc3)ncc2)c2ccccc21.[Pt]. The third-order valence-electron chi connectivity index (χ3n) is 6.97. The van der Waals surface area contributed by atoms with Gasteiger partial charge in [0.2, 0.25) is 0 Å². The van der Waals surface area contributed by atoms with E-state index in [2.05, 4.69) is 54.7 Å². The Morgan fingerprint density at radius 3 is 2.52 bits per heavy atom. The van der Waals surface area contributed by atoms with Gasteiger partial charge in [-0.15, -0.1) is 18.2 Å². The van der Waals surface area contributed by atoms with Crippen LogP contribution in [-0.2, 0) is 21.1 Å². The number of ether oxygens (including phenoxy) is 1. The Balaban J connectivity index is 0.00000264. The summed E-state index contributed by atoms with van der Waals surface area (Å²) in [5, 5.41) is 1.96. The molecule has 0 bridgehead atoms. The van der Waals surface area contributed by atoms with Gasteiger partial charge in [0.25, 0.3) is 0 Å². The fourth-order valence-corrected chi connectivity index (χ4v) is 5.27. The largest absolute Gasteiger partial charge is 0.504 e. The molecule has 0 N–H and O–H groups in total. The molecule has 7 nitrogen and oxygen atoms in total. The van der Waals surface area contributed by atoms with Crippen molar-refractivity contribution in [1.82, 2.24) is 14.5 Å². The average Bonchev–Trinajstić information content (AvgIpc) is 3.62. The zero-order valence-corrected chi connectivity index (χ0v) is 23.5. The Labute approximate surface area is 244 Å². The molecule has 0 aliphatic carbocycles. The first-order chi connectivity index (χ1) is 19.2. The van der Waals surface area contributed by atoms with Gasteiger partial charge in [0.1, 0.15) is 22.6 Å². The average molecular weight is 702 g/mol. The second kappa shape index (κ2) is 9.54. The van der Waals surface area contributed by atoms with Crippen molar-refractivity contribution in [3.8, 4) is 17.3 Å². The van der Waals surface area contributed by atoms with Crippen LogP contribution in [0, 0.1) is 18.8 Å². The Kier molecular flexibility index (Phi) is 5.83. The van der Waals surface area contributed by atoms with Gasteiger partial charge in [-0.3, -0.25) is 4.98 Å². The molecule has 4 aromatic heterocycles. The molecular formula is C32H20N5O2Pt-3. The van der Waals surface area contributed by atoms with Gasteiger partial charge >= 0.3 is 0 Å². The zero-order chi connectivity index (χ0) is 25.9. The molecule has 0 spiro atoms. The van der Waals surface area contributed by atoms with Gasteiger partial charge in [-0.2, -0.15) is 30.6 Å². The van der Waals surface area contributed by atoms with Crippen molar-refractivity contribution in [2.75, 3.05) is 16.8 Å². The summed E-state index contributed by atoms with van der Waals surface area (Å²) in [6.07, 6.45) is 3.51. The van der Waals surface area contributed by atoms with Gasteiger partial charge in [-0.05, 0) is 49.6 Å². The van der Waals surface area contributed by atoms with E-state index in [-0.39, 0.29) is 21.1 Å². The summed E-state index contributed by atoms with van der Waals surface area (Å²) in [5.74, 6) is 0.880. The standard InChI is InChI=1S/C32H20N5O2.Pt/c1-35-20-36(27-13-4-3-12-26(27)35)21-15-17-33-29(19-21)38-23-9-6-8-22(18-23)37-30-24-10-2-5-14-28(24)39-31(30)25-11-7-16-34-32(25)37;/h2-17,20H,1H3;/q-3;. The molecule has 0 fully saturated rings. The molecule has 40 heavy (non-hydrogen) atoms. The Morgan fingerprint density at radius 1 is 0.775 bits per heavy atom. The van der Waals surface area contributed by atoms with Crippen molar-refractivity contribution in [3.05, 3.63) is 116 Å². The van der Waals surface area contributed by atoms with E-state index in [4.69, 9.17) is 9.15 Å². The summed E-state index contributed by atoms with van der Waals surface area (Å²) in [4.78, 5) is 13.3. The number of anilines is 3. The zero-order valence-electron chi connectivity index (χ0n) is 21.2. The van der Waals surface area contributed by atoms with Crippen molar-refractivity contribution < 1.29 is 30.2 Å². The molecule has 7 aromatic rings. The van der Waals surface area contributed by atoms with E-state index in [0.29, 0.717) is 11.6 Å². The second-order valence-electron chi connectivity index (χ2n) is 9.33. The summed E-state index contributed by atoms with van der Waals surface area (Å²) in [5.41, 5.74) is 7.20. The Morgan fingerprint density at radius 2 is 1.60 bits per heavy atom. The molecule has 0 amide bonds. The number of rotatable bonds is 4. The van der Waals surface area contributed by atoms with Gasteiger partial charge in [0, 0.05) is 49.8 Å². The van der Waals surface area contributed by atoms with Crippen LogP contribution in [-0.4, -0.2) is 21.6 Å². The maximum absolute atomic E-state index is 6.26. The topological polar surface area (TPSA) is 59.6 Å². The monoisotopic (exact) mass is 701 g/mol. The van der Waals surface area contributed by atoms with E-state index >= 15 is 0 Å². The van der Waals surface area contributed by atoms with Crippen LogP contribution in [0.25, 0.3) is 38.8 Å². The maximum Gasteiger partial charge on any atom is 0.163 e. The van der Waals surface area contributed by atoms with E-state index in [1.807, 2.05) is 80.4 Å². The van der Waals surface area contributed by atoms with Crippen LogP contribution in [0.5, 0.6) is 11.6 Å². The molecule has 198 valence electrons. The molecular weight excluding hydrogens is 681 g/mol. The van der Waals surface area contributed by atoms with Crippen molar-refractivity contribution >= 4 is 50.2 Å². The summed E-state index contributed by atoms with van der Waals surface area (Å²) in [7, 11) is 2.03. The van der Waals surface area contributed by atoms with Crippen LogP contribution in [0.1, 0.15) is 0 Å². The minimum Gasteiger partial charge on any atom is -0.504 e. The number of aromatic nitrogens is 3. The molecule has 0 unspecified atom stereocenters. The number of para-hydroxylation sites is 3. The molecule has 3 aromatic carbocycles. The quantitative estimate of drug-likeness (QED) is 0.178. The minimum absolute atomic E-state index is 0. The van der Waals surface area contributed by atoms with Crippen LogP contribution in [0.15, 0.2) is 102 Å². The number of furan rings is 1. The molecule has 0 atom stereocenters. The van der Waals surface area contributed by atoms with E-state index in [0.717, 1.165) is 55.9 Å². The first-order valence-electron chi connectivity index (χ1n) is 12.6. The summed E-state index contributed by atoms with van der Waals surface area (Å²) >= 11 is 0. The molecule has 8 heteroatoms. The molecule has 1 aliphatic rings. The fraction of sp³-hybridized carbons (Fsp3) is 0.0312. The third kappa shape index (κ3) is 3.77. The maximum atomic E-state index is 6.26. The van der Waals surface area contributed by atoms with Gasteiger partial charge in [-0.1, -0.05) is 30.0 Å². The number of hydrogen-bond donors (Lipinski definition) is 0.